The molecule has 0 fully saturated rings. The first-order chi connectivity index (χ1) is 8.69. The topological polar surface area (TPSA) is 50.4 Å². The van der Waals surface area contributed by atoms with Crippen LogP contribution < -0.4 is 10.6 Å². The molecule has 0 bridgehead atoms. The molecule has 0 radical (unpaired) electrons. The lowest BCUT2D eigenvalue weighted by molar-refractivity contribution is 0.194. The maximum absolute atomic E-state index is 11.7. The highest BCUT2D eigenvalue weighted by Gasteiger charge is 2.07. The molecule has 0 aromatic heterocycles. The summed E-state index contributed by atoms with van der Waals surface area (Å²) < 4.78 is 4.93. The van der Waals surface area contributed by atoms with Gasteiger partial charge in [0.05, 0.1) is 0 Å². The standard InChI is InChI=1S/C14H22N2O2/c1-4-12-8-5-7-11(2)13(12)16-14(17)15-9-6-10-18-3/h5,7-8H,4,6,9-10H2,1-3H3,(H2,15,16,17). The van der Waals surface area contributed by atoms with Crippen molar-refractivity contribution in [2.24, 2.45) is 0 Å². The fraction of sp³-hybridized carbons (Fsp3) is 0.500. The largest absolute Gasteiger partial charge is 0.385 e. The van der Waals surface area contributed by atoms with Gasteiger partial charge in [-0.2, -0.15) is 0 Å². The Morgan fingerprint density at radius 3 is 2.83 bits per heavy atom. The molecule has 4 heteroatoms. The van der Waals surface area contributed by atoms with Crippen molar-refractivity contribution in [3.8, 4) is 0 Å². The Labute approximate surface area is 109 Å². The molecular weight excluding hydrogens is 228 g/mol. The predicted octanol–water partition coefficient (Wildman–Crippen LogP) is 2.72. The van der Waals surface area contributed by atoms with E-state index in [-0.39, 0.29) is 6.03 Å². The van der Waals surface area contributed by atoms with Crippen molar-refractivity contribution in [1.82, 2.24) is 5.32 Å². The number of aryl methyl sites for hydroxylation is 2. The van der Waals surface area contributed by atoms with Gasteiger partial charge in [0.2, 0.25) is 0 Å². The molecule has 18 heavy (non-hydrogen) atoms. The summed E-state index contributed by atoms with van der Waals surface area (Å²) in [5, 5.41) is 5.73. The SMILES string of the molecule is CCc1cccc(C)c1NC(=O)NCCCOC. The summed E-state index contributed by atoms with van der Waals surface area (Å²) in [6.07, 6.45) is 1.72. The molecule has 0 saturated carbocycles. The number of para-hydroxylation sites is 1. The number of ether oxygens (including phenoxy) is 1. The van der Waals surface area contributed by atoms with Gasteiger partial charge in [0, 0.05) is 25.9 Å². The lowest BCUT2D eigenvalue weighted by Crippen LogP contribution is -2.30. The van der Waals surface area contributed by atoms with Gasteiger partial charge in [0.25, 0.3) is 0 Å². The summed E-state index contributed by atoms with van der Waals surface area (Å²) in [5.74, 6) is 0. The second-order valence-electron chi connectivity index (χ2n) is 4.19. The maximum atomic E-state index is 11.7. The first-order valence-corrected chi connectivity index (χ1v) is 6.31. The monoisotopic (exact) mass is 250 g/mol. The molecule has 0 atom stereocenters. The van der Waals surface area contributed by atoms with E-state index in [1.54, 1.807) is 7.11 Å². The van der Waals surface area contributed by atoms with Crippen LogP contribution in [0.3, 0.4) is 0 Å². The van der Waals surface area contributed by atoms with Gasteiger partial charge in [-0.3, -0.25) is 0 Å². The van der Waals surface area contributed by atoms with Crippen LogP contribution in [-0.2, 0) is 11.2 Å². The van der Waals surface area contributed by atoms with Crippen LogP contribution in [0.1, 0.15) is 24.5 Å². The minimum absolute atomic E-state index is 0.157. The smallest absolute Gasteiger partial charge is 0.319 e. The highest BCUT2D eigenvalue weighted by atomic mass is 16.5. The molecule has 0 saturated heterocycles. The highest BCUT2D eigenvalue weighted by molar-refractivity contribution is 5.91. The third-order valence-corrected chi connectivity index (χ3v) is 2.79. The fourth-order valence-corrected chi connectivity index (χ4v) is 1.78. The van der Waals surface area contributed by atoms with E-state index in [9.17, 15) is 4.79 Å². The van der Waals surface area contributed by atoms with Crippen molar-refractivity contribution in [2.75, 3.05) is 25.6 Å². The normalized spacial score (nSPS) is 10.2. The molecule has 0 heterocycles. The number of rotatable bonds is 6. The minimum atomic E-state index is -0.157. The first kappa shape index (κ1) is 14.5. The first-order valence-electron chi connectivity index (χ1n) is 6.31. The maximum Gasteiger partial charge on any atom is 0.319 e. The van der Waals surface area contributed by atoms with E-state index < -0.39 is 0 Å². The van der Waals surface area contributed by atoms with Gasteiger partial charge in [-0.25, -0.2) is 4.79 Å². The Balaban J connectivity index is 2.53. The number of carbonyl (C=O) groups is 1. The van der Waals surface area contributed by atoms with E-state index in [4.69, 9.17) is 4.74 Å². The predicted molar refractivity (Wildman–Crippen MR) is 74.1 cm³/mol. The number of amides is 2. The lowest BCUT2D eigenvalue weighted by atomic mass is 10.1. The molecule has 4 nitrogen and oxygen atoms in total. The van der Waals surface area contributed by atoms with Crippen LogP contribution in [-0.4, -0.2) is 26.3 Å². The van der Waals surface area contributed by atoms with Crippen LogP contribution >= 0.6 is 0 Å². The zero-order valence-electron chi connectivity index (χ0n) is 11.4. The van der Waals surface area contributed by atoms with Crippen LogP contribution in [0.15, 0.2) is 18.2 Å². The molecule has 0 aliphatic rings. The second-order valence-corrected chi connectivity index (χ2v) is 4.19. The molecular formula is C14H22N2O2. The summed E-state index contributed by atoms with van der Waals surface area (Å²) >= 11 is 0. The van der Waals surface area contributed by atoms with Crippen LogP contribution in [0.25, 0.3) is 0 Å². The van der Waals surface area contributed by atoms with Crippen molar-refractivity contribution < 1.29 is 9.53 Å². The average molecular weight is 250 g/mol. The summed E-state index contributed by atoms with van der Waals surface area (Å²) in [7, 11) is 1.65. The summed E-state index contributed by atoms with van der Waals surface area (Å²) in [6, 6.07) is 5.89. The number of hydrogen-bond acceptors (Lipinski definition) is 2. The van der Waals surface area contributed by atoms with E-state index in [0.717, 1.165) is 29.7 Å². The number of anilines is 1. The Hall–Kier alpha value is -1.55. The van der Waals surface area contributed by atoms with E-state index >= 15 is 0 Å². The van der Waals surface area contributed by atoms with E-state index in [1.165, 1.54) is 0 Å². The summed E-state index contributed by atoms with van der Waals surface area (Å²) in [5.41, 5.74) is 3.16. The van der Waals surface area contributed by atoms with Gasteiger partial charge < -0.3 is 15.4 Å². The molecule has 0 aliphatic carbocycles. The minimum Gasteiger partial charge on any atom is -0.385 e. The number of carbonyl (C=O) groups excluding carboxylic acids is 1. The Kier molecular flexibility index (Phi) is 6.22. The van der Waals surface area contributed by atoms with E-state index in [0.29, 0.717) is 13.2 Å². The lowest BCUT2D eigenvalue weighted by Gasteiger charge is -2.13. The molecule has 0 unspecified atom stereocenters. The van der Waals surface area contributed by atoms with Gasteiger partial charge in [0.1, 0.15) is 0 Å². The Morgan fingerprint density at radius 1 is 1.39 bits per heavy atom. The summed E-state index contributed by atoms with van der Waals surface area (Å²) in [4.78, 5) is 11.7. The molecule has 1 aromatic carbocycles. The number of benzene rings is 1. The third kappa shape index (κ3) is 4.37. The molecule has 2 amide bonds. The average Bonchev–Trinajstić information content (AvgIpc) is 2.37. The summed E-state index contributed by atoms with van der Waals surface area (Å²) in [6.45, 7) is 5.36. The number of urea groups is 1. The Morgan fingerprint density at radius 2 is 2.17 bits per heavy atom. The van der Waals surface area contributed by atoms with Gasteiger partial charge in [-0.15, -0.1) is 0 Å². The second kappa shape index (κ2) is 7.71. The van der Waals surface area contributed by atoms with Crippen LogP contribution in [0.4, 0.5) is 10.5 Å². The van der Waals surface area contributed by atoms with Gasteiger partial charge >= 0.3 is 6.03 Å². The zero-order valence-corrected chi connectivity index (χ0v) is 11.4. The van der Waals surface area contributed by atoms with Crippen molar-refractivity contribution in [1.29, 1.82) is 0 Å². The van der Waals surface area contributed by atoms with Crippen molar-refractivity contribution in [2.45, 2.75) is 26.7 Å². The quantitative estimate of drug-likeness (QED) is 0.763. The van der Waals surface area contributed by atoms with Crippen molar-refractivity contribution in [3.63, 3.8) is 0 Å². The van der Waals surface area contributed by atoms with Crippen LogP contribution in [0.5, 0.6) is 0 Å². The molecule has 1 aromatic rings. The fourth-order valence-electron chi connectivity index (χ4n) is 1.78. The molecule has 1 rings (SSSR count). The van der Waals surface area contributed by atoms with Crippen LogP contribution in [0, 0.1) is 6.92 Å². The number of nitrogens with one attached hydrogen (secondary N) is 2. The number of methoxy groups -OCH3 is 1. The van der Waals surface area contributed by atoms with Gasteiger partial charge in [-0.05, 0) is 30.9 Å². The highest BCUT2D eigenvalue weighted by Crippen LogP contribution is 2.20. The van der Waals surface area contributed by atoms with Crippen molar-refractivity contribution in [3.05, 3.63) is 29.3 Å². The molecule has 2 N–H and O–H groups in total. The van der Waals surface area contributed by atoms with Gasteiger partial charge in [-0.1, -0.05) is 25.1 Å². The van der Waals surface area contributed by atoms with Crippen molar-refractivity contribution >= 4 is 11.7 Å². The van der Waals surface area contributed by atoms with Gasteiger partial charge in [0.15, 0.2) is 0 Å². The Bertz CT molecular complexity index is 391. The molecule has 0 aliphatic heterocycles. The van der Waals surface area contributed by atoms with E-state index in [2.05, 4.69) is 17.6 Å². The van der Waals surface area contributed by atoms with Crippen LogP contribution in [0.2, 0.25) is 0 Å². The zero-order chi connectivity index (χ0) is 13.4. The molecule has 0 spiro atoms. The third-order valence-electron chi connectivity index (χ3n) is 2.79. The number of hydrogen-bond donors (Lipinski definition) is 2. The molecule has 100 valence electrons. The van der Waals surface area contributed by atoms with E-state index in [1.807, 2.05) is 25.1 Å².